The highest BCUT2D eigenvalue weighted by Gasteiger charge is 2.43. The number of anilines is 2. The topological polar surface area (TPSA) is 143 Å². The summed E-state index contributed by atoms with van der Waals surface area (Å²) < 4.78 is 6.81. The first kappa shape index (κ1) is 28.3. The number of methoxy groups -OCH3 is 1. The lowest BCUT2D eigenvalue weighted by atomic mass is 9.89. The van der Waals surface area contributed by atoms with Crippen LogP contribution < -0.4 is 25.8 Å². The highest BCUT2D eigenvalue weighted by molar-refractivity contribution is 6.31. The monoisotopic (exact) mass is 560 g/mol. The molecule has 206 valence electrons. The van der Waals surface area contributed by atoms with Crippen LogP contribution in [0.4, 0.5) is 17.3 Å². The average molecular weight is 561 g/mol. The number of hydrogen-bond acceptors (Lipinski definition) is 9. The Morgan fingerprint density at radius 1 is 1.25 bits per heavy atom. The van der Waals surface area contributed by atoms with Crippen LogP contribution in [-0.2, 0) is 11.8 Å². The fourth-order valence-corrected chi connectivity index (χ4v) is 4.69. The van der Waals surface area contributed by atoms with Gasteiger partial charge in [-0.25, -0.2) is 9.98 Å². The number of carbonyl (C=O) groups is 1. The van der Waals surface area contributed by atoms with Gasteiger partial charge in [0.15, 0.2) is 0 Å². The zero-order valence-corrected chi connectivity index (χ0v) is 23.8. The van der Waals surface area contributed by atoms with Gasteiger partial charge in [-0.15, -0.1) is 0 Å². The summed E-state index contributed by atoms with van der Waals surface area (Å²) in [4.78, 5) is 43.0. The predicted octanol–water partition coefficient (Wildman–Crippen LogP) is 3.50. The Morgan fingerprint density at radius 2 is 1.93 bits per heavy atom. The van der Waals surface area contributed by atoms with E-state index in [9.17, 15) is 14.9 Å². The number of carbonyl (C=O) groups excluding carboxylic acids is 1. The first-order chi connectivity index (χ1) is 19.0. The molecule has 0 bridgehead atoms. The molecule has 0 radical (unpaired) electrons. The van der Waals surface area contributed by atoms with Gasteiger partial charge in [-0.05, 0) is 29.7 Å². The number of rotatable bonds is 7. The molecule has 12 heteroatoms. The average Bonchev–Trinajstić information content (AvgIpc) is 3.19. The van der Waals surface area contributed by atoms with Gasteiger partial charge in [-0.3, -0.25) is 14.5 Å². The summed E-state index contributed by atoms with van der Waals surface area (Å²) in [6, 6.07) is 9.68. The van der Waals surface area contributed by atoms with Crippen LogP contribution in [-0.4, -0.2) is 47.4 Å². The molecule has 0 unspecified atom stereocenters. The minimum absolute atomic E-state index is 0.00316. The molecule has 1 aliphatic rings. The number of hydrogen-bond donors (Lipinski definition) is 1. The molecule has 1 atom stereocenters. The van der Waals surface area contributed by atoms with Crippen LogP contribution in [0.25, 0.3) is 0 Å². The lowest BCUT2D eigenvalue weighted by Gasteiger charge is -2.29. The summed E-state index contributed by atoms with van der Waals surface area (Å²) >= 11 is 6.23. The van der Waals surface area contributed by atoms with Crippen molar-refractivity contribution in [2.24, 2.45) is 23.7 Å². The second-order valence-corrected chi connectivity index (χ2v) is 10.1. The highest BCUT2D eigenvalue weighted by atomic mass is 35.5. The minimum atomic E-state index is -0.733. The fourth-order valence-electron chi connectivity index (χ4n) is 4.45. The highest BCUT2D eigenvalue weighted by Crippen LogP contribution is 2.43. The van der Waals surface area contributed by atoms with E-state index in [1.54, 1.807) is 42.4 Å². The van der Waals surface area contributed by atoms with Crippen LogP contribution in [0.1, 0.15) is 31.0 Å². The number of pyridine rings is 1. The van der Waals surface area contributed by atoms with Gasteiger partial charge in [-0.1, -0.05) is 37.6 Å². The molecule has 0 saturated carbocycles. The Kier molecular flexibility index (Phi) is 7.93. The second kappa shape index (κ2) is 11.2. The van der Waals surface area contributed by atoms with Gasteiger partial charge in [0.25, 0.3) is 11.5 Å². The normalized spacial score (nSPS) is 15.6. The van der Waals surface area contributed by atoms with Gasteiger partial charge >= 0.3 is 0 Å². The molecular formula is C28H29ClN8O3. The van der Waals surface area contributed by atoms with Crippen LogP contribution in [0.5, 0.6) is 5.88 Å². The van der Waals surface area contributed by atoms with Crippen molar-refractivity contribution in [3.63, 3.8) is 0 Å². The quantitative estimate of drug-likeness (QED) is 0.432. The van der Waals surface area contributed by atoms with Crippen molar-refractivity contribution in [1.29, 1.82) is 5.26 Å². The lowest BCUT2D eigenvalue weighted by molar-refractivity contribution is -0.114. The summed E-state index contributed by atoms with van der Waals surface area (Å²) in [6.45, 7) is 3.87. The van der Waals surface area contributed by atoms with Crippen LogP contribution in [0.15, 0.2) is 63.8 Å². The zero-order chi connectivity index (χ0) is 29.3. The second-order valence-electron chi connectivity index (χ2n) is 9.71. The number of amides is 1. The standard InChI is InChI=1S/C28H29ClN8O3/c1-15(2)23(33-20-13-32-28(35(3)4)34-25(20)40-6)21-22(31)27(39)37(18-11-19(29)26(38)36(5)14-18)24(21)17-9-7-16(12-30)8-10-17/h7-11,13-15,24H,31H2,1-6H3/t24-/m1/s1. The van der Waals surface area contributed by atoms with E-state index in [1.165, 1.54) is 28.8 Å². The number of ether oxygens (including phenoxy) is 1. The van der Waals surface area contributed by atoms with Crippen LogP contribution in [0.3, 0.4) is 0 Å². The maximum absolute atomic E-state index is 13.8. The van der Waals surface area contributed by atoms with Gasteiger partial charge < -0.3 is 19.9 Å². The van der Waals surface area contributed by atoms with Crippen LogP contribution >= 0.6 is 11.6 Å². The summed E-state index contributed by atoms with van der Waals surface area (Å²) in [6.07, 6.45) is 3.08. The van der Waals surface area contributed by atoms with E-state index in [2.05, 4.69) is 16.0 Å². The molecule has 1 amide bonds. The van der Waals surface area contributed by atoms with Crippen molar-refractivity contribution < 1.29 is 9.53 Å². The van der Waals surface area contributed by atoms with Crippen molar-refractivity contribution in [2.75, 3.05) is 31.0 Å². The lowest BCUT2D eigenvalue weighted by Crippen LogP contribution is -2.33. The first-order valence-electron chi connectivity index (χ1n) is 12.3. The molecule has 2 aromatic heterocycles. The van der Waals surface area contributed by atoms with Crippen molar-refractivity contribution >= 4 is 40.5 Å². The molecular weight excluding hydrogens is 532 g/mol. The molecule has 3 heterocycles. The molecule has 3 aromatic rings. The smallest absolute Gasteiger partial charge is 0.275 e. The Hall–Kier alpha value is -4.69. The number of benzene rings is 1. The van der Waals surface area contributed by atoms with E-state index in [-0.39, 0.29) is 22.5 Å². The molecule has 40 heavy (non-hydrogen) atoms. The maximum atomic E-state index is 13.8. The number of aromatic nitrogens is 3. The van der Waals surface area contributed by atoms with Crippen LogP contribution in [0.2, 0.25) is 5.02 Å². The summed E-state index contributed by atoms with van der Waals surface area (Å²) in [5, 5.41) is 9.30. The van der Waals surface area contributed by atoms with E-state index in [1.807, 2.05) is 27.9 Å². The molecule has 0 saturated heterocycles. The number of halogens is 1. The molecule has 0 fully saturated rings. The predicted molar refractivity (Wildman–Crippen MR) is 154 cm³/mol. The molecule has 4 rings (SSSR count). The third-order valence-corrected chi connectivity index (χ3v) is 6.68. The largest absolute Gasteiger partial charge is 0.479 e. The Labute approximate surface area is 236 Å². The molecule has 2 N–H and O–H groups in total. The van der Waals surface area contributed by atoms with Crippen molar-refractivity contribution in [1.82, 2.24) is 14.5 Å². The van der Waals surface area contributed by atoms with Gasteiger partial charge in [0.1, 0.15) is 16.4 Å². The SMILES string of the molecule is COc1nc(N(C)C)ncc1N=C(C1=C(N)C(=O)N(c2cc(Cl)c(=O)n(C)c2)[C@@H]1c1ccc(C#N)cc1)C(C)C. The Balaban J connectivity index is 1.97. The minimum Gasteiger partial charge on any atom is -0.479 e. The summed E-state index contributed by atoms with van der Waals surface area (Å²) in [5.41, 5.74) is 9.05. The van der Waals surface area contributed by atoms with Crippen LogP contribution in [0, 0.1) is 17.2 Å². The van der Waals surface area contributed by atoms with E-state index in [0.29, 0.717) is 39.7 Å². The molecule has 11 nitrogen and oxygen atoms in total. The number of nitriles is 1. The van der Waals surface area contributed by atoms with Gasteiger partial charge in [0.2, 0.25) is 11.8 Å². The third kappa shape index (κ3) is 5.13. The van der Waals surface area contributed by atoms with Gasteiger partial charge in [-0.2, -0.15) is 10.2 Å². The van der Waals surface area contributed by atoms with Crippen molar-refractivity contribution in [3.8, 4) is 11.9 Å². The summed E-state index contributed by atoms with van der Waals surface area (Å²) in [5.74, 6) is 0.0459. The number of nitrogens with zero attached hydrogens (tertiary/aromatic N) is 7. The Bertz CT molecular complexity index is 1610. The summed E-state index contributed by atoms with van der Waals surface area (Å²) in [7, 11) is 6.68. The maximum Gasteiger partial charge on any atom is 0.275 e. The fraction of sp³-hybridized carbons (Fsp3) is 0.286. The first-order valence-corrected chi connectivity index (χ1v) is 12.7. The third-order valence-electron chi connectivity index (χ3n) is 6.41. The molecule has 1 aromatic carbocycles. The van der Waals surface area contributed by atoms with Crippen molar-refractivity contribution in [2.45, 2.75) is 19.9 Å². The van der Waals surface area contributed by atoms with E-state index >= 15 is 0 Å². The molecule has 0 aliphatic carbocycles. The molecule has 1 aliphatic heterocycles. The number of aryl methyl sites for hydroxylation is 1. The van der Waals surface area contributed by atoms with E-state index in [0.717, 1.165) is 0 Å². The van der Waals surface area contributed by atoms with Gasteiger partial charge in [0.05, 0.1) is 42.4 Å². The number of aliphatic imine (C=N–C) groups is 1. The molecule has 0 spiro atoms. The zero-order valence-electron chi connectivity index (χ0n) is 23.0. The van der Waals surface area contributed by atoms with Gasteiger partial charge in [0, 0.05) is 32.9 Å². The number of nitrogens with two attached hydrogens (primary N) is 1. The van der Waals surface area contributed by atoms with E-state index in [4.69, 9.17) is 27.1 Å². The van der Waals surface area contributed by atoms with E-state index < -0.39 is 17.5 Å². The van der Waals surface area contributed by atoms with Crippen molar-refractivity contribution in [3.05, 3.63) is 80.5 Å². The Morgan fingerprint density at radius 3 is 2.48 bits per heavy atom.